The topological polar surface area (TPSA) is 42.4 Å². The van der Waals surface area contributed by atoms with E-state index in [1.165, 1.54) is 12.1 Å². The Bertz CT molecular complexity index is 670. The third kappa shape index (κ3) is 2.79. The van der Waals surface area contributed by atoms with Gasteiger partial charge in [-0.2, -0.15) is 0 Å². The van der Waals surface area contributed by atoms with Crippen molar-refractivity contribution in [1.82, 2.24) is 4.98 Å². The lowest BCUT2D eigenvalue weighted by atomic mass is 10.1. The van der Waals surface area contributed by atoms with Crippen LogP contribution < -0.4 is 9.64 Å². The number of hydrogen-bond acceptors (Lipinski definition) is 3. The van der Waals surface area contributed by atoms with Crippen molar-refractivity contribution in [2.45, 2.75) is 12.3 Å². The number of anilines is 1. The van der Waals surface area contributed by atoms with Crippen LogP contribution in [0.15, 0.2) is 42.6 Å². The summed E-state index contributed by atoms with van der Waals surface area (Å²) >= 11 is 0. The van der Waals surface area contributed by atoms with E-state index in [2.05, 4.69) is 4.98 Å². The Morgan fingerprint density at radius 1 is 1.27 bits per heavy atom. The highest BCUT2D eigenvalue weighted by atomic mass is 19.1. The van der Waals surface area contributed by atoms with Crippen molar-refractivity contribution < 1.29 is 13.9 Å². The van der Waals surface area contributed by atoms with Crippen LogP contribution in [0.2, 0.25) is 0 Å². The van der Waals surface area contributed by atoms with E-state index in [1.54, 1.807) is 49.5 Å². The summed E-state index contributed by atoms with van der Waals surface area (Å²) in [4.78, 5) is 18.2. The van der Waals surface area contributed by atoms with E-state index in [0.717, 1.165) is 17.7 Å². The third-order valence-corrected chi connectivity index (χ3v) is 4.05. The minimum absolute atomic E-state index is 0.0439. The van der Waals surface area contributed by atoms with Gasteiger partial charge in [-0.1, -0.05) is 12.1 Å². The highest BCUT2D eigenvalue weighted by molar-refractivity contribution is 5.96. The Labute approximate surface area is 128 Å². The predicted molar refractivity (Wildman–Crippen MR) is 81.4 cm³/mol. The number of halogens is 1. The molecule has 1 heterocycles. The van der Waals surface area contributed by atoms with Crippen molar-refractivity contribution in [1.29, 1.82) is 0 Å². The van der Waals surface area contributed by atoms with Gasteiger partial charge in [0.15, 0.2) is 0 Å². The summed E-state index contributed by atoms with van der Waals surface area (Å²) in [6.07, 6.45) is 2.42. The van der Waals surface area contributed by atoms with Crippen molar-refractivity contribution in [3.8, 4) is 5.88 Å². The van der Waals surface area contributed by atoms with Crippen LogP contribution in [0.3, 0.4) is 0 Å². The van der Waals surface area contributed by atoms with E-state index < -0.39 is 0 Å². The van der Waals surface area contributed by atoms with Gasteiger partial charge in [0.1, 0.15) is 5.82 Å². The maximum Gasteiger partial charge on any atom is 0.230 e. The maximum atomic E-state index is 12.9. The minimum Gasteiger partial charge on any atom is -0.481 e. The molecule has 1 aliphatic carbocycles. The van der Waals surface area contributed by atoms with Gasteiger partial charge in [0.2, 0.25) is 11.8 Å². The molecule has 1 amide bonds. The fourth-order valence-corrected chi connectivity index (χ4v) is 2.61. The molecule has 0 spiro atoms. The van der Waals surface area contributed by atoms with Crippen molar-refractivity contribution in [3.05, 3.63) is 54.0 Å². The van der Waals surface area contributed by atoms with Crippen LogP contribution in [-0.4, -0.2) is 25.0 Å². The maximum absolute atomic E-state index is 12.9. The first-order chi connectivity index (χ1) is 10.6. The number of methoxy groups -OCH3 is 1. The molecular weight excluding hydrogens is 283 g/mol. The molecule has 2 aromatic rings. The molecule has 114 valence electrons. The second kappa shape index (κ2) is 5.75. The van der Waals surface area contributed by atoms with Gasteiger partial charge in [-0.3, -0.25) is 4.79 Å². The van der Waals surface area contributed by atoms with Crippen molar-refractivity contribution in [2.24, 2.45) is 5.92 Å². The molecule has 1 saturated carbocycles. The molecule has 5 heteroatoms. The van der Waals surface area contributed by atoms with Crippen LogP contribution in [0.1, 0.15) is 17.9 Å². The second-order valence-electron chi connectivity index (χ2n) is 5.46. The smallest absolute Gasteiger partial charge is 0.230 e. The van der Waals surface area contributed by atoms with Gasteiger partial charge in [0.25, 0.3) is 0 Å². The van der Waals surface area contributed by atoms with Gasteiger partial charge < -0.3 is 9.64 Å². The van der Waals surface area contributed by atoms with E-state index in [9.17, 15) is 9.18 Å². The van der Waals surface area contributed by atoms with Gasteiger partial charge in [-0.25, -0.2) is 9.37 Å². The first kappa shape index (κ1) is 14.5. The van der Waals surface area contributed by atoms with E-state index in [1.807, 2.05) is 0 Å². The SMILES string of the molecule is COc1ccc(N(C)C(=O)[C@H]2C[C@H]2c2ccc(F)cc2)cn1. The molecule has 1 aromatic carbocycles. The third-order valence-electron chi connectivity index (χ3n) is 4.05. The Morgan fingerprint density at radius 2 is 2.00 bits per heavy atom. The van der Waals surface area contributed by atoms with E-state index in [-0.39, 0.29) is 23.6 Å². The van der Waals surface area contributed by atoms with Crippen LogP contribution in [0.4, 0.5) is 10.1 Å². The molecule has 3 rings (SSSR count). The molecule has 0 unspecified atom stereocenters. The van der Waals surface area contributed by atoms with Gasteiger partial charge in [0, 0.05) is 19.0 Å². The number of carbonyl (C=O) groups excluding carboxylic acids is 1. The van der Waals surface area contributed by atoms with Gasteiger partial charge in [-0.15, -0.1) is 0 Å². The first-order valence-corrected chi connectivity index (χ1v) is 7.13. The summed E-state index contributed by atoms with van der Waals surface area (Å²) in [6.45, 7) is 0. The molecule has 0 aliphatic heterocycles. The molecule has 1 fully saturated rings. The van der Waals surface area contributed by atoms with E-state index in [0.29, 0.717) is 5.88 Å². The van der Waals surface area contributed by atoms with E-state index in [4.69, 9.17) is 4.74 Å². The van der Waals surface area contributed by atoms with Crippen LogP contribution in [0.5, 0.6) is 5.88 Å². The first-order valence-electron chi connectivity index (χ1n) is 7.13. The van der Waals surface area contributed by atoms with Crippen molar-refractivity contribution in [3.63, 3.8) is 0 Å². The quantitative estimate of drug-likeness (QED) is 0.871. The fraction of sp³-hybridized carbons (Fsp3) is 0.294. The standard InChI is InChI=1S/C17H17FN2O2/c1-20(13-7-8-16(22-2)19-10-13)17(21)15-9-14(15)11-3-5-12(18)6-4-11/h3-8,10,14-15H,9H2,1-2H3/t14-,15-/m0/s1. The Kier molecular flexibility index (Phi) is 3.79. The zero-order valence-corrected chi connectivity index (χ0v) is 12.5. The number of nitrogens with zero attached hydrogens (tertiary/aromatic N) is 2. The summed E-state index contributed by atoms with van der Waals surface area (Å²) in [7, 11) is 3.29. The van der Waals surface area contributed by atoms with Crippen LogP contribution >= 0.6 is 0 Å². The van der Waals surface area contributed by atoms with Crippen molar-refractivity contribution >= 4 is 11.6 Å². The molecule has 0 N–H and O–H groups in total. The van der Waals surface area contributed by atoms with Crippen LogP contribution in [-0.2, 0) is 4.79 Å². The van der Waals surface area contributed by atoms with Crippen molar-refractivity contribution in [2.75, 3.05) is 19.1 Å². The largest absolute Gasteiger partial charge is 0.481 e. The van der Waals surface area contributed by atoms with Crippen LogP contribution in [0.25, 0.3) is 0 Å². The van der Waals surface area contributed by atoms with Gasteiger partial charge in [0.05, 0.1) is 19.0 Å². The molecule has 22 heavy (non-hydrogen) atoms. The number of ether oxygens (including phenoxy) is 1. The summed E-state index contributed by atoms with van der Waals surface area (Å²) in [5.41, 5.74) is 1.75. The molecule has 2 atom stereocenters. The number of rotatable bonds is 4. The molecule has 4 nitrogen and oxygen atoms in total. The lowest BCUT2D eigenvalue weighted by Crippen LogP contribution is -2.28. The number of amides is 1. The average Bonchev–Trinajstić information content (AvgIpc) is 3.35. The predicted octanol–water partition coefficient (Wildman–Crippen LogP) is 3.00. The normalized spacial score (nSPS) is 19.6. The summed E-state index contributed by atoms with van der Waals surface area (Å²) in [6, 6.07) is 9.91. The van der Waals surface area contributed by atoms with Gasteiger partial charge >= 0.3 is 0 Å². The zero-order chi connectivity index (χ0) is 15.7. The molecular formula is C17H17FN2O2. The number of pyridine rings is 1. The van der Waals surface area contributed by atoms with Crippen LogP contribution in [0, 0.1) is 11.7 Å². The Hall–Kier alpha value is -2.43. The van der Waals surface area contributed by atoms with Gasteiger partial charge in [-0.05, 0) is 36.1 Å². The number of hydrogen-bond donors (Lipinski definition) is 0. The average molecular weight is 300 g/mol. The summed E-state index contributed by atoms with van der Waals surface area (Å²) in [5, 5.41) is 0. The highest BCUT2D eigenvalue weighted by Crippen LogP contribution is 2.48. The molecule has 1 aliphatic rings. The highest BCUT2D eigenvalue weighted by Gasteiger charge is 2.45. The minimum atomic E-state index is -0.256. The lowest BCUT2D eigenvalue weighted by molar-refractivity contribution is -0.119. The number of aromatic nitrogens is 1. The molecule has 1 aromatic heterocycles. The Balaban J connectivity index is 1.68. The summed E-state index contributed by atoms with van der Waals surface area (Å²) < 4.78 is 18.0. The number of benzene rings is 1. The second-order valence-corrected chi connectivity index (χ2v) is 5.46. The lowest BCUT2D eigenvalue weighted by Gasteiger charge is -2.17. The molecule has 0 bridgehead atoms. The monoisotopic (exact) mass is 300 g/mol. The Morgan fingerprint density at radius 3 is 2.59 bits per heavy atom. The van der Waals surface area contributed by atoms with E-state index >= 15 is 0 Å². The molecule has 0 radical (unpaired) electrons. The molecule has 0 saturated heterocycles. The number of carbonyl (C=O) groups is 1. The summed E-state index contributed by atoms with van der Waals surface area (Å²) in [5.74, 6) is 0.453. The fourth-order valence-electron chi connectivity index (χ4n) is 2.61. The zero-order valence-electron chi connectivity index (χ0n) is 12.5.